The van der Waals surface area contributed by atoms with Gasteiger partial charge in [-0.15, -0.1) is 0 Å². The third-order valence-corrected chi connectivity index (χ3v) is 3.46. The maximum Gasteiger partial charge on any atom is 0.227 e. The topological polar surface area (TPSA) is 101 Å². The summed E-state index contributed by atoms with van der Waals surface area (Å²) in [5.41, 5.74) is 7.58. The van der Waals surface area contributed by atoms with Gasteiger partial charge in [-0.25, -0.2) is 15.0 Å². The fraction of sp³-hybridized carbons (Fsp3) is 0. The summed E-state index contributed by atoms with van der Waals surface area (Å²) < 4.78 is 0. The summed E-state index contributed by atoms with van der Waals surface area (Å²) in [6, 6.07) is 13.4. The molecular weight excluding hydrogens is 284 g/mol. The first-order valence-electron chi connectivity index (χ1n) is 6.08. The SMILES string of the molecule is N#Cc1sc(N)nc1-c1ccnc(Nc2ccccc2)n1. The lowest BCUT2D eigenvalue weighted by atomic mass is 10.3. The zero-order valence-corrected chi connectivity index (χ0v) is 11.6. The lowest BCUT2D eigenvalue weighted by Crippen LogP contribution is -1.98. The van der Waals surface area contributed by atoms with Crippen LogP contribution in [-0.4, -0.2) is 15.0 Å². The van der Waals surface area contributed by atoms with Gasteiger partial charge in [-0.3, -0.25) is 0 Å². The molecule has 0 spiro atoms. The number of nitrogens with two attached hydrogens (primary N) is 1. The van der Waals surface area contributed by atoms with E-state index in [1.807, 2.05) is 30.3 Å². The highest BCUT2D eigenvalue weighted by molar-refractivity contribution is 7.16. The van der Waals surface area contributed by atoms with E-state index in [9.17, 15) is 0 Å². The fourth-order valence-electron chi connectivity index (χ4n) is 1.79. The number of nitrogens with zero attached hydrogens (tertiary/aromatic N) is 4. The van der Waals surface area contributed by atoms with Crippen molar-refractivity contribution in [2.45, 2.75) is 0 Å². The maximum absolute atomic E-state index is 9.10. The molecule has 0 unspecified atom stereocenters. The molecule has 0 aliphatic carbocycles. The van der Waals surface area contributed by atoms with Crippen LogP contribution in [0.2, 0.25) is 0 Å². The predicted octanol–water partition coefficient (Wildman–Crippen LogP) is 2.80. The Balaban J connectivity index is 1.95. The summed E-state index contributed by atoms with van der Waals surface area (Å²) in [6.07, 6.45) is 1.62. The van der Waals surface area contributed by atoms with Crippen LogP contribution in [0.15, 0.2) is 42.6 Å². The molecule has 6 nitrogen and oxygen atoms in total. The van der Waals surface area contributed by atoms with E-state index >= 15 is 0 Å². The second-order valence-corrected chi connectivity index (χ2v) is 5.13. The molecule has 0 aliphatic heterocycles. The molecule has 0 bridgehead atoms. The molecule has 3 N–H and O–H groups in total. The molecule has 3 rings (SSSR count). The van der Waals surface area contributed by atoms with Crippen LogP contribution in [-0.2, 0) is 0 Å². The van der Waals surface area contributed by atoms with Crippen LogP contribution in [0.1, 0.15) is 4.88 Å². The lowest BCUT2D eigenvalue weighted by molar-refractivity contribution is 1.16. The summed E-state index contributed by atoms with van der Waals surface area (Å²) in [7, 11) is 0. The molecule has 3 aromatic rings. The largest absolute Gasteiger partial charge is 0.375 e. The number of hydrogen-bond acceptors (Lipinski definition) is 7. The van der Waals surface area contributed by atoms with Gasteiger partial charge in [0.05, 0.1) is 5.69 Å². The van der Waals surface area contributed by atoms with Crippen molar-refractivity contribution >= 4 is 28.1 Å². The number of nitrogen functional groups attached to an aromatic ring is 1. The Morgan fingerprint density at radius 2 is 1.95 bits per heavy atom. The summed E-state index contributed by atoms with van der Waals surface area (Å²) >= 11 is 1.14. The van der Waals surface area contributed by atoms with Crippen LogP contribution in [0.3, 0.4) is 0 Å². The molecule has 2 heterocycles. The Labute approximate surface area is 124 Å². The Hall–Kier alpha value is -2.98. The molecule has 0 amide bonds. The first kappa shape index (κ1) is 13.0. The smallest absolute Gasteiger partial charge is 0.227 e. The molecule has 0 atom stereocenters. The minimum absolute atomic E-state index is 0.345. The standard InChI is InChI=1S/C14H10N6S/c15-8-11-12(20-13(16)21-11)10-6-7-17-14(19-10)18-9-4-2-1-3-5-9/h1-7H,(H2,16,20)(H,17,18,19). The highest BCUT2D eigenvalue weighted by atomic mass is 32.1. The molecule has 21 heavy (non-hydrogen) atoms. The summed E-state index contributed by atoms with van der Waals surface area (Å²) in [5.74, 6) is 0.439. The molecular formula is C14H10N6S. The Kier molecular flexibility index (Phi) is 3.45. The summed E-state index contributed by atoms with van der Waals surface area (Å²) in [5, 5.41) is 12.5. The first-order valence-corrected chi connectivity index (χ1v) is 6.90. The fourth-order valence-corrected chi connectivity index (χ4v) is 2.43. The van der Waals surface area contributed by atoms with Crippen molar-refractivity contribution in [1.29, 1.82) is 5.26 Å². The van der Waals surface area contributed by atoms with E-state index in [1.54, 1.807) is 12.3 Å². The second-order valence-electron chi connectivity index (χ2n) is 4.10. The number of benzene rings is 1. The van der Waals surface area contributed by atoms with Gasteiger partial charge in [0.25, 0.3) is 0 Å². The number of nitrogens with one attached hydrogen (secondary N) is 1. The Morgan fingerprint density at radius 1 is 1.14 bits per heavy atom. The van der Waals surface area contributed by atoms with Gasteiger partial charge in [-0.2, -0.15) is 5.26 Å². The minimum Gasteiger partial charge on any atom is -0.375 e. The van der Waals surface area contributed by atoms with E-state index in [2.05, 4.69) is 26.3 Å². The van der Waals surface area contributed by atoms with E-state index in [0.717, 1.165) is 17.0 Å². The van der Waals surface area contributed by atoms with Crippen LogP contribution >= 0.6 is 11.3 Å². The Morgan fingerprint density at radius 3 is 2.71 bits per heavy atom. The van der Waals surface area contributed by atoms with Gasteiger partial charge in [0, 0.05) is 11.9 Å². The molecule has 1 aromatic carbocycles. The quantitative estimate of drug-likeness (QED) is 0.770. The number of nitriles is 1. The molecule has 0 saturated carbocycles. The van der Waals surface area contributed by atoms with E-state index in [1.165, 1.54) is 0 Å². The van der Waals surface area contributed by atoms with Crippen LogP contribution in [0, 0.1) is 11.3 Å². The van der Waals surface area contributed by atoms with Crippen LogP contribution in [0.5, 0.6) is 0 Å². The van der Waals surface area contributed by atoms with Crippen molar-refractivity contribution in [2.75, 3.05) is 11.1 Å². The number of anilines is 3. The first-order chi connectivity index (χ1) is 10.3. The van der Waals surface area contributed by atoms with Crippen molar-refractivity contribution < 1.29 is 0 Å². The number of para-hydroxylation sites is 1. The molecule has 0 radical (unpaired) electrons. The molecule has 102 valence electrons. The van der Waals surface area contributed by atoms with Crippen molar-refractivity contribution in [2.24, 2.45) is 0 Å². The van der Waals surface area contributed by atoms with Gasteiger partial charge >= 0.3 is 0 Å². The van der Waals surface area contributed by atoms with Gasteiger partial charge in [0.2, 0.25) is 5.95 Å². The molecule has 7 heteroatoms. The van der Waals surface area contributed by atoms with Gasteiger partial charge in [-0.1, -0.05) is 29.5 Å². The molecule has 0 fully saturated rings. The normalized spacial score (nSPS) is 10.0. The average molecular weight is 294 g/mol. The number of thiazole rings is 1. The third kappa shape index (κ3) is 2.80. The van der Waals surface area contributed by atoms with Gasteiger partial charge < -0.3 is 11.1 Å². The Bertz CT molecular complexity index is 806. The van der Waals surface area contributed by atoms with Crippen LogP contribution in [0.4, 0.5) is 16.8 Å². The molecule has 0 saturated heterocycles. The zero-order chi connectivity index (χ0) is 14.7. The van der Waals surface area contributed by atoms with Gasteiger partial charge in [-0.05, 0) is 18.2 Å². The van der Waals surface area contributed by atoms with Crippen molar-refractivity contribution in [1.82, 2.24) is 15.0 Å². The highest BCUT2D eigenvalue weighted by Gasteiger charge is 2.13. The third-order valence-electron chi connectivity index (χ3n) is 2.67. The minimum atomic E-state index is 0.345. The summed E-state index contributed by atoms with van der Waals surface area (Å²) in [4.78, 5) is 13.1. The van der Waals surface area contributed by atoms with Gasteiger partial charge in [0.1, 0.15) is 16.6 Å². The van der Waals surface area contributed by atoms with Crippen LogP contribution < -0.4 is 11.1 Å². The lowest BCUT2D eigenvalue weighted by Gasteiger charge is -2.05. The molecule has 2 aromatic heterocycles. The van der Waals surface area contributed by atoms with Crippen molar-refractivity contribution in [3.05, 3.63) is 47.5 Å². The van der Waals surface area contributed by atoms with E-state index in [0.29, 0.717) is 27.3 Å². The van der Waals surface area contributed by atoms with E-state index < -0.39 is 0 Å². The monoisotopic (exact) mass is 294 g/mol. The highest BCUT2D eigenvalue weighted by Crippen LogP contribution is 2.28. The average Bonchev–Trinajstić information content (AvgIpc) is 2.90. The number of rotatable bonds is 3. The van der Waals surface area contributed by atoms with Crippen molar-refractivity contribution in [3.8, 4) is 17.5 Å². The zero-order valence-electron chi connectivity index (χ0n) is 10.8. The van der Waals surface area contributed by atoms with E-state index in [-0.39, 0.29) is 0 Å². The van der Waals surface area contributed by atoms with E-state index in [4.69, 9.17) is 11.0 Å². The number of aromatic nitrogens is 3. The van der Waals surface area contributed by atoms with Gasteiger partial charge in [0.15, 0.2) is 5.13 Å². The predicted molar refractivity (Wildman–Crippen MR) is 82.0 cm³/mol. The van der Waals surface area contributed by atoms with Crippen molar-refractivity contribution in [3.63, 3.8) is 0 Å². The maximum atomic E-state index is 9.10. The second kappa shape index (κ2) is 5.56. The van der Waals surface area contributed by atoms with Crippen LogP contribution in [0.25, 0.3) is 11.4 Å². The summed E-state index contributed by atoms with van der Waals surface area (Å²) in [6.45, 7) is 0. The number of hydrogen-bond donors (Lipinski definition) is 2. The molecule has 0 aliphatic rings.